The lowest BCUT2D eigenvalue weighted by molar-refractivity contribution is 0.0342. The number of morpholine rings is 1. The number of nitrogens with zero attached hydrogens (tertiary/aromatic N) is 1. The largest absolute Gasteiger partial charge is 0.465 e. The van der Waals surface area contributed by atoms with Crippen molar-refractivity contribution in [1.82, 2.24) is 10.2 Å². The molecule has 1 aliphatic heterocycles. The Hall–Kier alpha value is -2.37. The molecule has 2 N–H and O–H groups in total. The number of carboxylic acid groups (broad SMARTS) is 1. The van der Waals surface area contributed by atoms with Crippen LogP contribution in [-0.4, -0.2) is 42.4 Å². The summed E-state index contributed by atoms with van der Waals surface area (Å²) in [6, 6.07) is 16.7. The van der Waals surface area contributed by atoms with Crippen molar-refractivity contribution >= 4 is 6.09 Å². The standard InChI is InChI=1S/C21H26N2O3/c1-21(2,22-20(24)25)19-9-7-18(8-10-19)17-5-3-16(4-6-17)15-23-11-13-26-14-12-23/h3-10,22H,11-15H2,1-2H3,(H,24,25). The third-order valence-electron chi connectivity index (χ3n) is 4.82. The van der Waals surface area contributed by atoms with E-state index in [9.17, 15) is 4.79 Å². The molecule has 1 heterocycles. The Kier molecular flexibility index (Phi) is 5.59. The summed E-state index contributed by atoms with van der Waals surface area (Å²) in [6.45, 7) is 8.28. The maximum Gasteiger partial charge on any atom is 0.405 e. The number of carbonyl (C=O) groups is 1. The van der Waals surface area contributed by atoms with Crippen LogP contribution in [0.25, 0.3) is 11.1 Å². The van der Waals surface area contributed by atoms with E-state index in [0.717, 1.165) is 49.5 Å². The lowest BCUT2D eigenvalue weighted by Gasteiger charge is -2.26. The van der Waals surface area contributed by atoms with E-state index >= 15 is 0 Å². The second-order valence-electron chi connectivity index (χ2n) is 7.22. The van der Waals surface area contributed by atoms with Crippen molar-refractivity contribution in [2.75, 3.05) is 26.3 Å². The number of nitrogens with one attached hydrogen (secondary N) is 1. The van der Waals surface area contributed by atoms with Crippen LogP contribution in [0.3, 0.4) is 0 Å². The minimum Gasteiger partial charge on any atom is -0.465 e. The number of hydrogen-bond donors (Lipinski definition) is 2. The van der Waals surface area contributed by atoms with Crippen LogP contribution < -0.4 is 5.32 Å². The fourth-order valence-electron chi connectivity index (χ4n) is 3.24. The predicted octanol–water partition coefficient (Wildman–Crippen LogP) is 3.69. The molecule has 1 fully saturated rings. The summed E-state index contributed by atoms with van der Waals surface area (Å²) in [5, 5.41) is 11.5. The van der Waals surface area contributed by atoms with Crippen LogP contribution >= 0.6 is 0 Å². The summed E-state index contributed by atoms with van der Waals surface area (Å²) in [4.78, 5) is 13.3. The van der Waals surface area contributed by atoms with Gasteiger partial charge in [0.2, 0.25) is 0 Å². The highest BCUT2D eigenvalue weighted by atomic mass is 16.5. The van der Waals surface area contributed by atoms with E-state index in [4.69, 9.17) is 9.84 Å². The van der Waals surface area contributed by atoms with Gasteiger partial charge in [0, 0.05) is 19.6 Å². The maximum atomic E-state index is 10.9. The Morgan fingerprint density at radius 2 is 1.58 bits per heavy atom. The molecule has 2 aromatic carbocycles. The van der Waals surface area contributed by atoms with Gasteiger partial charge >= 0.3 is 6.09 Å². The molecule has 0 unspecified atom stereocenters. The van der Waals surface area contributed by atoms with E-state index in [2.05, 4.69) is 34.5 Å². The molecule has 5 nitrogen and oxygen atoms in total. The first-order chi connectivity index (χ1) is 12.4. The van der Waals surface area contributed by atoms with E-state index in [1.54, 1.807) is 0 Å². The van der Waals surface area contributed by atoms with Crippen molar-refractivity contribution in [3.8, 4) is 11.1 Å². The molecule has 0 atom stereocenters. The van der Waals surface area contributed by atoms with Crippen LogP contribution in [0.5, 0.6) is 0 Å². The van der Waals surface area contributed by atoms with Gasteiger partial charge in [0.25, 0.3) is 0 Å². The number of hydrogen-bond acceptors (Lipinski definition) is 3. The fourth-order valence-corrected chi connectivity index (χ4v) is 3.24. The average Bonchev–Trinajstić information content (AvgIpc) is 2.62. The van der Waals surface area contributed by atoms with Gasteiger partial charge in [-0.1, -0.05) is 48.5 Å². The Bertz CT molecular complexity index is 733. The number of ether oxygens (including phenoxy) is 1. The summed E-state index contributed by atoms with van der Waals surface area (Å²) in [5.41, 5.74) is 3.91. The van der Waals surface area contributed by atoms with E-state index in [1.807, 2.05) is 38.1 Å². The SMILES string of the molecule is CC(C)(NC(=O)O)c1ccc(-c2ccc(CN3CCOCC3)cc2)cc1. The quantitative estimate of drug-likeness (QED) is 0.860. The second kappa shape index (κ2) is 7.89. The number of amides is 1. The lowest BCUT2D eigenvalue weighted by Crippen LogP contribution is -2.39. The van der Waals surface area contributed by atoms with Crippen LogP contribution in [0.15, 0.2) is 48.5 Å². The van der Waals surface area contributed by atoms with Crippen molar-refractivity contribution in [2.45, 2.75) is 25.9 Å². The zero-order valence-corrected chi connectivity index (χ0v) is 15.4. The van der Waals surface area contributed by atoms with Gasteiger partial charge in [-0.25, -0.2) is 4.79 Å². The predicted molar refractivity (Wildman–Crippen MR) is 102 cm³/mol. The summed E-state index contributed by atoms with van der Waals surface area (Å²) < 4.78 is 5.39. The molecule has 0 bridgehead atoms. The minimum atomic E-state index is -1.02. The van der Waals surface area contributed by atoms with Crippen LogP contribution in [0.2, 0.25) is 0 Å². The monoisotopic (exact) mass is 354 g/mol. The highest BCUT2D eigenvalue weighted by Gasteiger charge is 2.22. The van der Waals surface area contributed by atoms with E-state index in [1.165, 1.54) is 5.56 Å². The van der Waals surface area contributed by atoms with E-state index in [-0.39, 0.29) is 0 Å². The molecule has 0 saturated carbocycles. The Morgan fingerprint density at radius 1 is 1.04 bits per heavy atom. The molecule has 0 aromatic heterocycles. The molecular formula is C21H26N2O3. The van der Waals surface area contributed by atoms with Gasteiger partial charge in [-0.15, -0.1) is 0 Å². The van der Waals surface area contributed by atoms with Crippen LogP contribution in [0, 0.1) is 0 Å². The molecule has 0 aliphatic carbocycles. The molecule has 2 aromatic rings. The zero-order chi connectivity index (χ0) is 18.6. The molecule has 0 radical (unpaired) electrons. The van der Waals surface area contributed by atoms with Crippen molar-refractivity contribution < 1.29 is 14.6 Å². The summed E-state index contributed by atoms with van der Waals surface area (Å²) in [5.74, 6) is 0. The van der Waals surface area contributed by atoms with Crippen molar-refractivity contribution in [2.24, 2.45) is 0 Å². The second-order valence-corrected chi connectivity index (χ2v) is 7.22. The molecule has 26 heavy (non-hydrogen) atoms. The molecule has 5 heteroatoms. The normalized spacial score (nSPS) is 15.6. The van der Waals surface area contributed by atoms with E-state index < -0.39 is 11.6 Å². The first-order valence-corrected chi connectivity index (χ1v) is 8.95. The van der Waals surface area contributed by atoms with Gasteiger partial charge < -0.3 is 15.2 Å². The van der Waals surface area contributed by atoms with Crippen molar-refractivity contribution in [3.05, 3.63) is 59.7 Å². The van der Waals surface area contributed by atoms with Gasteiger partial charge in [-0.2, -0.15) is 0 Å². The molecule has 0 spiro atoms. The third kappa shape index (κ3) is 4.62. The van der Waals surface area contributed by atoms with E-state index in [0.29, 0.717) is 0 Å². The minimum absolute atomic E-state index is 0.619. The van der Waals surface area contributed by atoms with Crippen molar-refractivity contribution in [3.63, 3.8) is 0 Å². The zero-order valence-electron chi connectivity index (χ0n) is 15.4. The maximum absolute atomic E-state index is 10.9. The summed E-state index contributed by atoms with van der Waals surface area (Å²) in [6.07, 6.45) is -1.02. The highest BCUT2D eigenvalue weighted by molar-refractivity contribution is 5.67. The smallest absolute Gasteiger partial charge is 0.405 e. The van der Waals surface area contributed by atoms with Gasteiger partial charge in [-0.05, 0) is 36.1 Å². The van der Waals surface area contributed by atoms with Crippen LogP contribution in [0.4, 0.5) is 4.79 Å². The Labute approximate surface area is 154 Å². The molecule has 138 valence electrons. The lowest BCUT2D eigenvalue weighted by atomic mass is 9.92. The van der Waals surface area contributed by atoms with Gasteiger partial charge in [0.15, 0.2) is 0 Å². The van der Waals surface area contributed by atoms with Gasteiger partial charge in [-0.3, -0.25) is 4.90 Å². The fraction of sp³-hybridized carbons (Fsp3) is 0.381. The van der Waals surface area contributed by atoms with Crippen LogP contribution in [-0.2, 0) is 16.8 Å². The molecule has 1 amide bonds. The van der Waals surface area contributed by atoms with Gasteiger partial charge in [0.1, 0.15) is 0 Å². The average molecular weight is 354 g/mol. The molecule has 1 saturated heterocycles. The first kappa shape index (κ1) is 18.4. The molecule has 3 rings (SSSR count). The molecular weight excluding hydrogens is 328 g/mol. The van der Waals surface area contributed by atoms with Crippen LogP contribution in [0.1, 0.15) is 25.0 Å². The molecule has 1 aliphatic rings. The highest BCUT2D eigenvalue weighted by Crippen LogP contribution is 2.25. The Morgan fingerprint density at radius 3 is 2.12 bits per heavy atom. The third-order valence-corrected chi connectivity index (χ3v) is 4.82. The first-order valence-electron chi connectivity index (χ1n) is 8.95. The number of rotatable bonds is 5. The Balaban J connectivity index is 1.68. The topological polar surface area (TPSA) is 61.8 Å². The number of benzene rings is 2. The summed E-state index contributed by atoms with van der Waals surface area (Å²) in [7, 11) is 0. The van der Waals surface area contributed by atoms with Crippen molar-refractivity contribution in [1.29, 1.82) is 0 Å². The van der Waals surface area contributed by atoms with Gasteiger partial charge in [0.05, 0.1) is 18.8 Å². The summed E-state index contributed by atoms with van der Waals surface area (Å²) >= 11 is 0.